The Morgan fingerprint density at radius 3 is 2.05 bits per heavy atom. The summed E-state index contributed by atoms with van der Waals surface area (Å²) in [6.07, 6.45) is -0.240. The zero-order valence-electron chi connectivity index (χ0n) is 14.2. The number of carbonyl (C=O) groups is 1. The summed E-state index contributed by atoms with van der Waals surface area (Å²) in [6.45, 7) is 15.9. The van der Waals surface area contributed by atoms with Gasteiger partial charge in [-0.2, -0.15) is 0 Å². The molecule has 0 aromatic rings. The second kappa shape index (κ2) is 4.95. The van der Waals surface area contributed by atoms with Crippen LogP contribution in [0.4, 0.5) is 4.79 Å². The van der Waals surface area contributed by atoms with Gasteiger partial charge in [0.25, 0.3) is 0 Å². The summed E-state index contributed by atoms with van der Waals surface area (Å²) in [6, 6.07) is 0.247. The third kappa shape index (κ3) is 3.11. The number of amides is 1. The first-order valence-electron chi connectivity index (χ1n) is 7.52. The predicted molar refractivity (Wildman–Crippen MR) is 84.3 cm³/mol. The molecule has 2 rings (SSSR count). The summed E-state index contributed by atoms with van der Waals surface area (Å²) < 4.78 is 19.6. The molecule has 0 aliphatic carbocycles. The fourth-order valence-corrected chi connectivity index (χ4v) is 4.45. The maximum atomic E-state index is 12.4. The Bertz CT molecular complexity index is 459. The molecule has 2 heterocycles. The minimum Gasteiger partial charge on any atom is -0.444 e. The highest BCUT2D eigenvalue weighted by Gasteiger charge is 2.61. The highest BCUT2D eigenvalue weighted by atomic mass is 32.2. The fraction of sp³-hybridized carbons (Fsp3) is 0.933. The molecule has 1 unspecified atom stereocenters. The van der Waals surface area contributed by atoms with Crippen molar-refractivity contribution in [1.82, 2.24) is 9.21 Å². The van der Waals surface area contributed by atoms with E-state index in [1.165, 1.54) is 0 Å². The van der Waals surface area contributed by atoms with Gasteiger partial charge in [-0.15, -0.1) is 0 Å². The number of rotatable bonds is 1. The van der Waals surface area contributed by atoms with Crippen molar-refractivity contribution in [2.45, 2.75) is 64.9 Å². The summed E-state index contributed by atoms with van der Waals surface area (Å²) in [7, 11) is -0.979. The molecule has 5 nitrogen and oxygen atoms in total. The van der Waals surface area contributed by atoms with Crippen molar-refractivity contribution in [2.75, 3.05) is 19.6 Å². The molecular weight excluding hydrogens is 288 g/mol. The maximum absolute atomic E-state index is 12.4. The smallest absolute Gasteiger partial charge is 0.410 e. The first-order chi connectivity index (χ1) is 9.36. The Hall–Kier alpha value is -0.620. The van der Waals surface area contributed by atoms with Crippen LogP contribution in [0.2, 0.25) is 0 Å². The van der Waals surface area contributed by atoms with Gasteiger partial charge >= 0.3 is 6.09 Å². The van der Waals surface area contributed by atoms with Crippen LogP contribution >= 0.6 is 0 Å². The molecular formula is C15H28N2O3S. The summed E-state index contributed by atoms with van der Waals surface area (Å²) >= 11 is 0. The molecule has 21 heavy (non-hydrogen) atoms. The highest BCUT2D eigenvalue weighted by molar-refractivity contribution is 7.84. The SMILES string of the molecule is C[C@@H]1N(S(=O)C(C)(C)C)CC12CN(C(=O)OC(C)(C)C)C2. The van der Waals surface area contributed by atoms with Crippen LogP contribution in [0, 0.1) is 5.41 Å². The number of likely N-dealkylation sites (tertiary alicyclic amines) is 1. The van der Waals surface area contributed by atoms with Crippen LogP contribution in [0.1, 0.15) is 48.5 Å². The Morgan fingerprint density at radius 2 is 1.67 bits per heavy atom. The maximum Gasteiger partial charge on any atom is 0.410 e. The molecule has 2 fully saturated rings. The van der Waals surface area contributed by atoms with E-state index >= 15 is 0 Å². The van der Waals surface area contributed by atoms with Gasteiger partial charge in [0.15, 0.2) is 0 Å². The van der Waals surface area contributed by atoms with Crippen molar-refractivity contribution >= 4 is 17.1 Å². The Balaban J connectivity index is 1.88. The monoisotopic (exact) mass is 316 g/mol. The van der Waals surface area contributed by atoms with E-state index in [1.54, 1.807) is 4.90 Å². The Morgan fingerprint density at radius 1 is 1.14 bits per heavy atom. The van der Waals surface area contributed by atoms with E-state index in [0.717, 1.165) is 6.54 Å². The van der Waals surface area contributed by atoms with E-state index in [1.807, 2.05) is 45.8 Å². The lowest BCUT2D eigenvalue weighted by molar-refractivity contribution is -0.117. The molecule has 0 aromatic heterocycles. The van der Waals surface area contributed by atoms with E-state index in [0.29, 0.717) is 13.1 Å². The number of nitrogens with zero attached hydrogens (tertiary/aromatic N) is 2. The zero-order valence-corrected chi connectivity index (χ0v) is 15.0. The van der Waals surface area contributed by atoms with Crippen molar-refractivity contribution < 1.29 is 13.7 Å². The lowest BCUT2D eigenvalue weighted by Gasteiger charge is -2.64. The highest BCUT2D eigenvalue weighted by Crippen LogP contribution is 2.47. The van der Waals surface area contributed by atoms with Crippen LogP contribution in [0.25, 0.3) is 0 Å². The first kappa shape index (κ1) is 16.7. The molecule has 2 aliphatic rings. The van der Waals surface area contributed by atoms with Crippen LogP contribution in [0.3, 0.4) is 0 Å². The third-order valence-electron chi connectivity index (χ3n) is 4.19. The Kier molecular flexibility index (Phi) is 3.94. The molecule has 122 valence electrons. The van der Waals surface area contributed by atoms with E-state index in [9.17, 15) is 9.00 Å². The molecule has 1 spiro atoms. The fourth-order valence-electron chi connectivity index (χ4n) is 2.86. The van der Waals surface area contributed by atoms with E-state index in [4.69, 9.17) is 4.74 Å². The summed E-state index contributed by atoms with van der Waals surface area (Å²) in [5, 5.41) is 0. The van der Waals surface area contributed by atoms with Crippen molar-refractivity contribution in [1.29, 1.82) is 0 Å². The average Bonchev–Trinajstić information content (AvgIpc) is 2.21. The second-order valence-corrected chi connectivity index (χ2v) is 10.5. The summed E-state index contributed by atoms with van der Waals surface area (Å²) in [5.74, 6) is 0. The first-order valence-corrected chi connectivity index (χ1v) is 8.63. The van der Waals surface area contributed by atoms with Gasteiger partial charge in [0.2, 0.25) is 0 Å². The normalized spacial score (nSPS) is 27.0. The average molecular weight is 316 g/mol. The van der Waals surface area contributed by atoms with Crippen LogP contribution in [-0.2, 0) is 15.7 Å². The van der Waals surface area contributed by atoms with Crippen LogP contribution < -0.4 is 0 Å². The lowest BCUT2D eigenvalue weighted by Crippen LogP contribution is -2.78. The molecule has 0 N–H and O–H groups in total. The molecule has 0 bridgehead atoms. The van der Waals surface area contributed by atoms with Gasteiger partial charge in [-0.1, -0.05) is 0 Å². The standard InChI is InChI=1S/C15H28N2O3S/c1-11-15(10-17(11)21(19)14(5,6)7)8-16(9-15)12(18)20-13(2,3)4/h11H,8-10H2,1-7H3/t11-,21?/m0/s1. The lowest BCUT2D eigenvalue weighted by atomic mass is 9.68. The van der Waals surface area contributed by atoms with Crippen molar-refractivity contribution in [3.63, 3.8) is 0 Å². The number of ether oxygens (including phenoxy) is 1. The number of hydrogen-bond acceptors (Lipinski definition) is 3. The largest absolute Gasteiger partial charge is 0.444 e. The van der Waals surface area contributed by atoms with Crippen molar-refractivity contribution in [2.24, 2.45) is 5.41 Å². The minimum atomic E-state index is -0.979. The van der Waals surface area contributed by atoms with Gasteiger partial charge in [-0.3, -0.25) is 0 Å². The summed E-state index contributed by atoms with van der Waals surface area (Å²) in [5.41, 5.74) is -0.345. The van der Waals surface area contributed by atoms with Gasteiger partial charge in [-0.05, 0) is 48.5 Å². The summed E-state index contributed by atoms with van der Waals surface area (Å²) in [4.78, 5) is 13.7. The van der Waals surface area contributed by atoms with Gasteiger partial charge in [0.05, 0.1) is 15.7 Å². The quantitative estimate of drug-likeness (QED) is 0.746. The van der Waals surface area contributed by atoms with E-state index in [2.05, 4.69) is 6.92 Å². The molecule has 0 aromatic carbocycles. The molecule has 1 amide bonds. The molecule has 0 radical (unpaired) electrons. The third-order valence-corrected chi connectivity index (χ3v) is 6.11. The van der Waals surface area contributed by atoms with Gasteiger partial charge in [-0.25, -0.2) is 13.3 Å². The van der Waals surface area contributed by atoms with Crippen LogP contribution in [0.15, 0.2) is 0 Å². The van der Waals surface area contributed by atoms with E-state index < -0.39 is 16.6 Å². The molecule has 2 saturated heterocycles. The van der Waals surface area contributed by atoms with Crippen molar-refractivity contribution in [3.05, 3.63) is 0 Å². The molecule has 2 aliphatic heterocycles. The molecule has 0 saturated carbocycles. The van der Waals surface area contributed by atoms with Gasteiger partial charge in [0, 0.05) is 31.1 Å². The molecule has 6 heteroatoms. The minimum absolute atomic E-state index is 0.109. The zero-order chi connectivity index (χ0) is 16.2. The van der Waals surface area contributed by atoms with Gasteiger partial charge < -0.3 is 9.64 Å². The second-order valence-electron chi connectivity index (χ2n) is 8.31. The Labute approximate surface area is 130 Å². The number of carbonyl (C=O) groups excluding carboxylic acids is 1. The van der Waals surface area contributed by atoms with Crippen molar-refractivity contribution in [3.8, 4) is 0 Å². The van der Waals surface area contributed by atoms with Crippen LogP contribution in [-0.4, -0.2) is 55.5 Å². The van der Waals surface area contributed by atoms with Gasteiger partial charge in [0.1, 0.15) is 5.60 Å². The topological polar surface area (TPSA) is 49.9 Å². The molecule has 2 atom stereocenters. The van der Waals surface area contributed by atoms with E-state index in [-0.39, 0.29) is 22.3 Å². The number of hydrogen-bond donors (Lipinski definition) is 0. The van der Waals surface area contributed by atoms with Crippen LogP contribution in [0.5, 0.6) is 0 Å². The predicted octanol–water partition coefficient (Wildman–Crippen LogP) is 2.39.